The first-order valence-electron chi connectivity index (χ1n) is 19.3. The predicted molar refractivity (Wildman–Crippen MR) is 203 cm³/mol. The highest BCUT2D eigenvalue weighted by molar-refractivity contribution is 7.59. The molecule has 1 atom stereocenters. The lowest BCUT2D eigenvalue weighted by Gasteiger charge is -2.40. The number of nitrogens with zero attached hydrogens (tertiary/aromatic N) is 1. The summed E-state index contributed by atoms with van der Waals surface area (Å²) in [6.07, 6.45) is 22.0. The SMILES string of the molecule is CCCCCCCCCCCCCCCCCCOC(=O)CCc1cc(C(C)(C)C)c(P2OCCN2C(C)(C)C)c(C(C)(C)C)c1O. The number of benzene rings is 1. The van der Waals surface area contributed by atoms with Gasteiger partial charge in [-0.2, -0.15) is 0 Å². The smallest absolute Gasteiger partial charge is 0.306 e. The number of carbonyl (C=O) groups excluding carboxylic acids is 1. The number of carbonyl (C=O) groups is 1. The normalized spacial score (nSPS) is 16.3. The highest BCUT2D eigenvalue weighted by atomic mass is 31.2. The van der Waals surface area contributed by atoms with Gasteiger partial charge in [-0.3, -0.25) is 4.79 Å². The third kappa shape index (κ3) is 14.7. The fraction of sp³-hybridized carbons (Fsp3) is 0.829. The van der Waals surface area contributed by atoms with Crippen molar-refractivity contribution in [1.82, 2.24) is 4.67 Å². The topological polar surface area (TPSA) is 59.0 Å². The van der Waals surface area contributed by atoms with Crippen molar-refractivity contribution >= 4 is 19.6 Å². The average molecular weight is 676 g/mol. The molecule has 1 aromatic rings. The lowest BCUT2D eigenvalue weighted by molar-refractivity contribution is -0.143. The molecule has 6 heteroatoms. The Hall–Kier alpha value is -1.16. The molecule has 1 aromatic carbocycles. The van der Waals surface area contributed by atoms with Crippen molar-refractivity contribution < 1.29 is 19.2 Å². The van der Waals surface area contributed by atoms with Crippen LogP contribution in [0.15, 0.2) is 6.07 Å². The van der Waals surface area contributed by atoms with E-state index in [0.717, 1.165) is 35.8 Å². The maximum Gasteiger partial charge on any atom is 0.306 e. The minimum Gasteiger partial charge on any atom is -0.507 e. The third-order valence-electron chi connectivity index (χ3n) is 9.47. The van der Waals surface area contributed by atoms with E-state index >= 15 is 0 Å². The number of hydrogen-bond acceptors (Lipinski definition) is 5. The molecule has 1 heterocycles. The summed E-state index contributed by atoms with van der Waals surface area (Å²) < 4.78 is 14.6. The summed E-state index contributed by atoms with van der Waals surface area (Å²) in [4.78, 5) is 12.8. The molecule has 0 amide bonds. The van der Waals surface area contributed by atoms with Gasteiger partial charge in [0.1, 0.15) is 14.0 Å². The summed E-state index contributed by atoms with van der Waals surface area (Å²) in [7, 11) is -1.05. The quantitative estimate of drug-likeness (QED) is 0.0798. The van der Waals surface area contributed by atoms with Crippen LogP contribution in [0.1, 0.15) is 195 Å². The standard InChI is InChI=1S/C41H74NO4P/c1-11-12-13-14-15-16-17-18-19-20-21-22-23-24-25-26-30-45-35(43)28-27-33-32-34(39(2,3)4)38(36(37(33)44)40(5,6)7)47-42(29-31-46-47)41(8,9)10/h32,44H,11-31H2,1-10H3. The number of hydrogen-bond donors (Lipinski definition) is 1. The number of ether oxygens (including phenoxy) is 1. The zero-order valence-electron chi connectivity index (χ0n) is 32.5. The monoisotopic (exact) mass is 676 g/mol. The molecule has 0 radical (unpaired) electrons. The van der Waals surface area contributed by atoms with Crippen LogP contribution in [0.5, 0.6) is 5.75 Å². The van der Waals surface area contributed by atoms with Gasteiger partial charge in [-0.15, -0.1) is 0 Å². The number of unbranched alkanes of at least 4 members (excludes halogenated alkanes) is 15. The molecular formula is C41H74NO4P. The van der Waals surface area contributed by atoms with E-state index in [0.29, 0.717) is 25.4 Å². The lowest BCUT2D eigenvalue weighted by atomic mass is 9.78. The van der Waals surface area contributed by atoms with Crippen molar-refractivity contribution in [3.63, 3.8) is 0 Å². The third-order valence-corrected chi connectivity index (χ3v) is 12.0. The number of aromatic hydroxyl groups is 1. The number of esters is 1. The Morgan fingerprint density at radius 1 is 0.787 bits per heavy atom. The van der Waals surface area contributed by atoms with Gasteiger partial charge in [0.05, 0.1) is 13.2 Å². The van der Waals surface area contributed by atoms with Crippen molar-refractivity contribution in [2.24, 2.45) is 0 Å². The van der Waals surface area contributed by atoms with Gasteiger partial charge < -0.3 is 14.4 Å². The van der Waals surface area contributed by atoms with E-state index in [4.69, 9.17) is 9.26 Å². The Morgan fingerprint density at radius 3 is 1.72 bits per heavy atom. The van der Waals surface area contributed by atoms with Crippen molar-refractivity contribution in [2.75, 3.05) is 19.8 Å². The molecule has 0 aromatic heterocycles. The van der Waals surface area contributed by atoms with Crippen molar-refractivity contribution in [1.29, 1.82) is 0 Å². The largest absolute Gasteiger partial charge is 0.507 e. The molecule has 1 fully saturated rings. The molecule has 0 bridgehead atoms. The zero-order valence-corrected chi connectivity index (χ0v) is 33.4. The summed E-state index contributed by atoms with van der Waals surface area (Å²) in [6, 6.07) is 2.15. The molecule has 1 saturated heterocycles. The Labute approximate surface area is 292 Å². The Morgan fingerprint density at radius 2 is 1.28 bits per heavy atom. The number of aryl methyl sites for hydroxylation is 1. The van der Waals surface area contributed by atoms with Gasteiger partial charge in [0.15, 0.2) is 0 Å². The van der Waals surface area contributed by atoms with Gasteiger partial charge in [-0.05, 0) is 55.6 Å². The summed E-state index contributed by atoms with van der Waals surface area (Å²) >= 11 is 0. The average Bonchev–Trinajstić information content (AvgIpc) is 3.47. The van der Waals surface area contributed by atoms with E-state index < -0.39 is 8.30 Å². The van der Waals surface area contributed by atoms with Crippen LogP contribution in [-0.4, -0.2) is 41.0 Å². The highest BCUT2D eigenvalue weighted by Crippen LogP contribution is 2.54. The second-order valence-electron chi connectivity index (χ2n) is 17.1. The number of phenols is 1. The Balaban J connectivity index is 1.81. The molecular weight excluding hydrogens is 601 g/mol. The van der Waals surface area contributed by atoms with E-state index in [1.165, 1.54) is 95.5 Å². The second kappa shape index (κ2) is 20.5. The molecule has 5 nitrogen and oxygen atoms in total. The van der Waals surface area contributed by atoms with Crippen LogP contribution in [-0.2, 0) is 31.3 Å². The fourth-order valence-electron chi connectivity index (χ4n) is 6.70. The van der Waals surface area contributed by atoms with E-state index in [9.17, 15) is 9.90 Å². The van der Waals surface area contributed by atoms with Crippen LogP contribution in [0.25, 0.3) is 0 Å². The molecule has 0 spiro atoms. The van der Waals surface area contributed by atoms with Gasteiger partial charge in [-0.25, -0.2) is 4.67 Å². The lowest BCUT2D eigenvalue weighted by Crippen LogP contribution is -2.40. The first-order valence-corrected chi connectivity index (χ1v) is 20.6. The maximum absolute atomic E-state index is 12.8. The summed E-state index contributed by atoms with van der Waals surface area (Å²) in [5, 5.41) is 12.9. The molecule has 0 saturated carbocycles. The minimum atomic E-state index is -1.05. The fourth-order valence-corrected chi connectivity index (χ4v) is 9.51. The Bertz CT molecular complexity index is 1050. The van der Waals surface area contributed by atoms with E-state index in [-0.39, 0.29) is 28.8 Å². The van der Waals surface area contributed by atoms with Gasteiger partial charge in [0.25, 0.3) is 0 Å². The van der Waals surface area contributed by atoms with Gasteiger partial charge in [0, 0.05) is 29.4 Å². The molecule has 1 unspecified atom stereocenters. The van der Waals surface area contributed by atoms with Crippen LogP contribution in [0.2, 0.25) is 0 Å². The van der Waals surface area contributed by atoms with Crippen LogP contribution < -0.4 is 5.30 Å². The van der Waals surface area contributed by atoms with E-state index in [1.807, 2.05) is 0 Å². The molecule has 47 heavy (non-hydrogen) atoms. The molecule has 0 aliphatic carbocycles. The predicted octanol–water partition coefficient (Wildman–Crippen LogP) is 11.8. The zero-order chi connectivity index (χ0) is 35.1. The van der Waals surface area contributed by atoms with Crippen LogP contribution >= 0.6 is 8.30 Å². The second-order valence-corrected chi connectivity index (χ2v) is 18.8. The van der Waals surface area contributed by atoms with Crippen molar-refractivity contribution in [3.05, 3.63) is 22.8 Å². The van der Waals surface area contributed by atoms with E-state index in [2.05, 4.69) is 80.0 Å². The first-order chi connectivity index (χ1) is 22.1. The summed E-state index contributed by atoms with van der Waals surface area (Å²) in [5.41, 5.74) is 2.52. The number of phenolic OH excluding ortho intramolecular Hbond substituents is 1. The number of rotatable bonds is 21. The molecule has 2 rings (SSSR count). The van der Waals surface area contributed by atoms with Gasteiger partial charge >= 0.3 is 5.97 Å². The maximum atomic E-state index is 12.8. The first kappa shape index (κ1) is 42.0. The van der Waals surface area contributed by atoms with Gasteiger partial charge in [0.2, 0.25) is 0 Å². The van der Waals surface area contributed by atoms with Crippen LogP contribution in [0, 0.1) is 0 Å². The van der Waals surface area contributed by atoms with Crippen LogP contribution in [0.4, 0.5) is 0 Å². The minimum absolute atomic E-state index is 0.0447. The van der Waals surface area contributed by atoms with Crippen molar-refractivity contribution in [2.45, 2.75) is 201 Å². The van der Waals surface area contributed by atoms with Gasteiger partial charge in [-0.1, -0.05) is 151 Å². The molecule has 272 valence electrons. The molecule has 1 aliphatic rings. The van der Waals surface area contributed by atoms with Crippen molar-refractivity contribution in [3.8, 4) is 5.75 Å². The summed E-state index contributed by atoms with van der Waals surface area (Å²) in [5.74, 6) is 0.143. The van der Waals surface area contributed by atoms with Crippen LogP contribution in [0.3, 0.4) is 0 Å². The highest BCUT2D eigenvalue weighted by Gasteiger charge is 2.42. The summed E-state index contributed by atoms with van der Waals surface area (Å²) in [6.45, 7) is 24.3. The Kier molecular flexibility index (Phi) is 18.3. The molecule has 1 N–H and O–H groups in total. The molecule has 1 aliphatic heterocycles. The van der Waals surface area contributed by atoms with E-state index in [1.54, 1.807) is 0 Å².